The van der Waals surface area contributed by atoms with Gasteiger partial charge >= 0.3 is 0 Å². The van der Waals surface area contributed by atoms with E-state index in [-0.39, 0.29) is 11.9 Å². The minimum absolute atomic E-state index is 0.318. The number of nitrogens with one attached hydrogen (secondary N) is 1. The van der Waals surface area contributed by atoms with Gasteiger partial charge in [-0.2, -0.15) is 0 Å². The molecule has 0 spiro atoms. The third kappa shape index (κ3) is 3.51. The monoisotopic (exact) mass is 290 g/mol. The van der Waals surface area contributed by atoms with Gasteiger partial charge in [-0.05, 0) is 49.7 Å². The fraction of sp³-hybridized carbons (Fsp3) is 0.294. The lowest BCUT2D eigenvalue weighted by Gasteiger charge is -2.19. The van der Waals surface area contributed by atoms with Crippen molar-refractivity contribution in [3.8, 4) is 0 Å². The van der Waals surface area contributed by atoms with Crippen molar-refractivity contribution in [2.45, 2.75) is 19.9 Å². The molecule has 0 saturated heterocycles. The first-order chi connectivity index (χ1) is 9.88. The van der Waals surface area contributed by atoms with E-state index in [1.165, 1.54) is 12.1 Å². The van der Waals surface area contributed by atoms with Gasteiger partial charge in [0.1, 0.15) is 11.6 Å². The molecule has 0 aliphatic rings. The summed E-state index contributed by atoms with van der Waals surface area (Å²) in [6, 6.07) is 9.97. The first-order valence-corrected chi connectivity index (χ1v) is 6.88. The van der Waals surface area contributed by atoms with Crippen LogP contribution in [-0.2, 0) is 0 Å². The van der Waals surface area contributed by atoms with E-state index in [1.54, 1.807) is 6.92 Å². The van der Waals surface area contributed by atoms with E-state index in [9.17, 15) is 8.78 Å². The van der Waals surface area contributed by atoms with E-state index >= 15 is 0 Å². The van der Waals surface area contributed by atoms with Crippen molar-refractivity contribution < 1.29 is 8.78 Å². The molecular formula is C17H20F2N2. The number of aryl methyl sites for hydroxylation is 1. The van der Waals surface area contributed by atoms with Gasteiger partial charge in [-0.15, -0.1) is 0 Å². The van der Waals surface area contributed by atoms with Crippen LogP contribution in [0.5, 0.6) is 0 Å². The predicted octanol–water partition coefficient (Wildman–Crippen LogP) is 4.51. The van der Waals surface area contributed by atoms with Crippen LogP contribution in [0.2, 0.25) is 0 Å². The zero-order chi connectivity index (χ0) is 15.6. The van der Waals surface area contributed by atoms with Gasteiger partial charge in [0.05, 0.1) is 6.04 Å². The van der Waals surface area contributed by atoms with Crippen LogP contribution >= 0.6 is 0 Å². The van der Waals surface area contributed by atoms with E-state index in [4.69, 9.17) is 0 Å². The molecule has 0 radical (unpaired) electrons. The number of rotatable bonds is 4. The maximum absolute atomic E-state index is 14.0. The highest BCUT2D eigenvalue weighted by Crippen LogP contribution is 2.25. The highest BCUT2D eigenvalue weighted by molar-refractivity contribution is 5.58. The minimum atomic E-state index is -0.391. The van der Waals surface area contributed by atoms with E-state index in [2.05, 4.69) is 5.32 Å². The van der Waals surface area contributed by atoms with Gasteiger partial charge in [-0.25, -0.2) is 8.78 Å². The van der Waals surface area contributed by atoms with Crippen LogP contribution in [0.1, 0.15) is 24.1 Å². The van der Waals surface area contributed by atoms with E-state index in [1.807, 2.05) is 50.2 Å². The summed E-state index contributed by atoms with van der Waals surface area (Å²) in [6.45, 7) is 3.37. The Kier molecular flexibility index (Phi) is 4.46. The Morgan fingerprint density at radius 2 is 1.76 bits per heavy atom. The molecule has 0 bridgehead atoms. The van der Waals surface area contributed by atoms with Gasteiger partial charge in [0, 0.05) is 31.0 Å². The van der Waals surface area contributed by atoms with Crippen LogP contribution in [0.3, 0.4) is 0 Å². The number of nitrogens with zero attached hydrogens (tertiary/aromatic N) is 1. The largest absolute Gasteiger partial charge is 0.378 e. The van der Waals surface area contributed by atoms with Crippen LogP contribution in [0.15, 0.2) is 36.4 Å². The van der Waals surface area contributed by atoms with Crippen molar-refractivity contribution in [2.75, 3.05) is 24.3 Å². The highest BCUT2D eigenvalue weighted by Gasteiger charge is 2.14. The summed E-state index contributed by atoms with van der Waals surface area (Å²) in [5.74, 6) is -0.778. The molecule has 4 heteroatoms. The fourth-order valence-corrected chi connectivity index (χ4v) is 2.20. The smallest absolute Gasteiger partial charge is 0.128 e. The summed E-state index contributed by atoms with van der Waals surface area (Å²) in [7, 11) is 3.91. The van der Waals surface area contributed by atoms with Crippen molar-refractivity contribution in [1.29, 1.82) is 0 Å². The van der Waals surface area contributed by atoms with Crippen LogP contribution < -0.4 is 10.2 Å². The zero-order valence-electron chi connectivity index (χ0n) is 12.7. The number of hydrogen-bond donors (Lipinski definition) is 1. The van der Waals surface area contributed by atoms with Gasteiger partial charge < -0.3 is 10.2 Å². The molecule has 112 valence electrons. The van der Waals surface area contributed by atoms with Gasteiger partial charge in [0.25, 0.3) is 0 Å². The van der Waals surface area contributed by atoms with Crippen LogP contribution in [-0.4, -0.2) is 14.1 Å². The molecule has 1 N–H and O–H groups in total. The summed E-state index contributed by atoms with van der Waals surface area (Å²) in [4.78, 5) is 1.99. The van der Waals surface area contributed by atoms with E-state index < -0.39 is 5.82 Å². The third-order valence-corrected chi connectivity index (χ3v) is 3.49. The summed E-state index contributed by atoms with van der Waals surface area (Å²) < 4.78 is 27.6. The van der Waals surface area contributed by atoms with Crippen LogP contribution in [0, 0.1) is 18.6 Å². The van der Waals surface area contributed by atoms with E-state index in [0.29, 0.717) is 11.1 Å². The Morgan fingerprint density at radius 3 is 2.43 bits per heavy atom. The lowest BCUT2D eigenvalue weighted by molar-refractivity contribution is 0.571. The second-order valence-electron chi connectivity index (χ2n) is 5.43. The lowest BCUT2D eigenvalue weighted by atomic mass is 10.0. The molecule has 0 heterocycles. The molecule has 0 aromatic heterocycles. The molecule has 2 rings (SSSR count). The second kappa shape index (κ2) is 6.12. The Balaban J connectivity index is 2.24. The first-order valence-electron chi connectivity index (χ1n) is 6.88. The van der Waals surface area contributed by atoms with Crippen molar-refractivity contribution in [3.05, 3.63) is 59.2 Å². The van der Waals surface area contributed by atoms with Crippen molar-refractivity contribution in [1.82, 2.24) is 0 Å². The maximum Gasteiger partial charge on any atom is 0.128 e. The van der Waals surface area contributed by atoms with Gasteiger partial charge in [0.15, 0.2) is 0 Å². The molecule has 2 aromatic rings. The first kappa shape index (κ1) is 15.3. The summed E-state index contributed by atoms with van der Waals surface area (Å²) in [5, 5.41) is 3.21. The number of anilines is 2. The molecule has 1 unspecified atom stereocenters. The zero-order valence-corrected chi connectivity index (χ0v) is 12.7. The summed E-state index contributed by atoms with van der Waals surface area (Å²) in [6.07, 6.45) is 0. The molecule has 1 atom stereocenters. The SMILES string of the molecule is Cc1cc(F)c(C(C)Nc2cccc(N(C)C)c2)cc1F. The Bertz CT molecular complexity index is 639. The molecule has 0 aliphatic heterocycles. The molecule has 21 heavy (non-hydrogen) atoms. The standard InChI is InChI=1S/C17H20F2N2/c1-11-8-17(19)15(10-16(11)18)12(2)20-13-6-5-7-14(9-13)21(3)4/h5-10,12,20H,1-4H3. The normalized spacial score (nSPS) is 12.1. The van der Waals surface area contributed by atoms with Crippen LogP contribution in [0.4, 0.5) is 20.2 Å². The second-order valence-corrected chi connectivity index (χ2v) is 5.43. The average molecular weight is 290 g/mol. The number of hydrogen-bond acceptors (Lipinski definition) is 2. The Labute approximate surface area is 124 Å². The molecule has 2 nitrogen and oxygen atoms in total. The van der Waals surface area contributed by atoms with Gasteiger partial charge in [-0.1, -0.05) is 6.07 Å². The molecular weight excluding hydrogens is 270 g/mol. The van der Waals surface area contributed by atoms with Crippen molar-refractivity contribution in [3.63, 3.8) is 0 Å². The quantitative estimate of drug-likeness (QED) is 0.891. The van der Waals surface area contributed by atoms with E-state index in [0.717, 1.165) is 11.4 Å². The topological polar surface area (TPSA) is 15.3 Å². The number of halogens is 2. The minimum Gasteiger partial charge on any atom is -0.378 e. The highest BCUT2D eigenvalue weighted by atomic mass is 19.1. The molecule has 2 aromatic carbocycles. The Hall–Kier alpha value is -2.10. The molecule has 0 aliphatic carbocycles. The Morgan fingerprint density at radius 1 is 1.05 bits per heavy atom. The summed E-state index contributed by atoms with van der Waals surface area (Å²) >= 11 is 0. The third-order valence-electron chi connectivity index (χ3n) is 3.49. The maximum atomic E-state index is 14.0. The average Bonchev–Trinajstić information content (AvgIpc) is 2.43. The van der Waals surface area contributed by atoms with Gasteiger partial charge in [0.2, 0.25) is 0 Å². The molecule has 0 fully saturated rings. The van der Waals surface area contributed by atoms with Gasteiger partial charge in [-0.3, -0.25) is 0 Å². The van der Waals surface area contributed by atoms with Crippen molar-refractivity contribution in [2.24, 2.45) is 0 Å². The lowest BCUT2D eigenvalue weighted by Crippen LogP contribution is -2.11. The van der Waals surface area contributed by atoms with Crippen LogP contribution in [0.25, 0.3) is 0 Å². The number of benzene rings is 2. The molecule has 0 saturated carbocycles. The predicted molar refractivity (Wildman–Crippen MR) is 83.9 cm³/mol. The van der Waals surface area contributed by atoms with Crippen molar-refractivity contribution >= 4 is 11.4 Å². The fourth-order valence-electron chi connectivity index (χ4n) is 2.20. The summed E-state index contributed by atoms with van der Waals surface area (Å²) in [5.41, 5.74) is 2.56. The molecule has 0 amide bonds.